The van der Waals surface area contributed by atoms with Gasteiger partial charge in [0.2, 0.25) is 0 Å². The van der Waals surface area contributed by atoms with Crippen molar-refractivity contribution >= 4 is 40.9 Å². The topological polar surface area (TPSA) is 80.6 Å². The molecule has 0 atom stereocenters. The second kappa shape index (κ2) is 12.4. The molecule has 6 nitrogen and oxygen atoms in total. The molecule has 0 radical (unpaired) electrons. The highest BCUT2D eigenvalue weighted by Crippen LogP contribution is 2.27. The number of anilines is 1. The largest absolute Gasteiger partial charge is 0.497 e. The van der Waals surface area contributed by atoms with Gasteiger partial charge in [0.1, 0.15) is 42.1 Å². The molecule has 35 heavy (non-hydrogen) atoms. The van der Waals surface area contributed by atoms with Crippen molar-refractivity contribution in [3.05, 3.63) is 87.4 Å². The molecule has 0 spiro atoms. The minimum atomic E-state index is -0.576. The predicted octanol–water partition coefficient (Wildman–Crippen LogP) is 6.14. The molecule has 3 aromatic rings. The van der Waals surface area contributed by atoms with Crippen molar-refractivity contribution in [3.63, 3.8) is 0 Å². The van der Waals surface area contributed by atoms with E-state index in [4.69, 9.17) is 43.8 Å². The van der Waals surface area contributed by atoms with Gasteiger partial charge in [-0.25, -0.2) is 0 Å². The van der Waals surface area contributed by atoms with Crippen molar-refractivity contribution in [2.75, 3.05) is 19.0 Å². The summed E-state index contributed by atoms with van der Waals surface area (Å²) in [4.78, 5) is 12.7. The summed E-state index contributed by atoms with van der Waals surface area (Å²) in [5.74, 6) is 3.33. The van der Waals surface area contributed by atoms with Crippen LogP contribution in [0.25, 0.3) is 6.08 Å². The molecule has 8 heteroatoms. The number of terminal acetylenes is 1. The van der Waals surface area contributed by atoms with E-state index in [2.05, 4.69) is 11.2 Å². The number of hydrogen-bond donors (Lipinski definition) is 1. The van der Waals surface area contributed by atoms with Crippen LogP contribution in [-0.4, -0.2) is 19.6 Å². The summed E-state index contributed by atoms with van der Waals surface area (Å²) in [7, 11) is 1.52. The quantitative estimate of drug-likeness (QED) is 0.214. The van der Waals surface area contributed by atoms with Crippen molar-refractivity contribution in [1.29, 1.82) is 5.26 Å². The van der Waals surface area contributed by atoms with E-state index in [1.54, 1.807) is 60.7 Å². The summed E-state index contributed by atoms with van der Waals surface area (Å²) in [6.45, 7) is 0.287. The summed E-state index contributed by atoms with van der Waals surface area (Å²) >= 11 is 12.1. The molecule has 0 bridgehead atoms. The Bertz CT molecular complexity index is 1320. The Hall–Kier alpha value is -4.10. The molecule has 0 heterocycles. The summed E-state index contributed by atoms with van der Waals surface area (Å²) in [5, 5.41) is 13.3. The molecule has 0 unspecified atom stereocenters. The summed E-state index contributed by atoms with van der Waals surface area (Å²) in [6, 6.07) is 18.8. The number of benzene rings is 3. The highest BCUT2D eigenvalue weighted by atomic mass is 35.5. The van der Waals surface area contributed by atoms with Gasteiger partial charge in [0.25, 0.3) is 5.91 Å². The first-order valence-electron chi connectivity index (χ1n) is 10.3. The van der Waals surface area contributed by atoms with Gasteiger partial charge in [-0.2, -0.15) is 5.26 Å². The SMILES string of the molecule is C#CCOc1cc(OC)ccc1/C=C(\C#N)C(=O)Nc1ccc(OCc2ccc(Cl)cc2Cl)cc1. The van der Waals surface area contributed by atoms with Crippen LogP contribution in [0.2, 0.25) is 10.0 Å². The number of halogens is 2. The third-order valence-corrected chi connectivity index (χ3v) is 5.31. The third-order valence-electron chi connectivity index (χ3n) is 4.72. The first-order valence-corrected chi connectivity index (χ1v) is 11.0. The molecular weight excluding hydrogens is 487 g/mol. The van der Waals surface area contributed by atoms with Crippen LogP contribution in [0.1, 0.15) is 11.1 Å². The van der Waals surface area contributed by atoms with Gasteiger partial charge in [0, 0.05) is 32.9 Å². The van der Waals surface area contributed by atoms with E-state index in [9.17, 15) is 10.1 Å². The van der Waals surface area contributed by atoms with Gasteiger partial charge in [-0.3, -0.25) is 4.79 Å². The van der Waals surface area contributed by atoms with Gasteiger partial charge in [0.15, 0.2) is 0 Å². The number of nitrogens with one attached hydrogen (secondary N) is 1. The van der Waals surface area contributed by atoms with Gasteiger partial charge in [-0.15, -0.1) is 6.42 Å². The number of carbonyl (C=O) groups is 1. The van der Waals surface area contributed by atoms with Crippen LogP contribution >= 0.6 is 23.2 Å². The van der Waals surface area contributed by atoms with E-state index in [-0.39, 0.29) is 18.8 Å². The average Bonchev–Trinajstić information content (AvgIpc) is 2.86. The summed E-state index contributed by atoms with van der Waals surface area (Å²) in [6.07, 6.45) is 6.70. The minimum Gasteiger partial charge on any atom is -0.497 e. The zero-order chi connectivity index (χ0) is 25.2. The fraction of sp³-hybridized carbons (Fsp3) is 0.111. The van der Waals surface area contributed by atoms with Crippen LogP contribution in [0.15, 0.2) is 66.2 Å². The van der Waals surface area contributed by atoms with Crippen molar-refractivity contribution in [2.24, 2.45) is 0 Å². The number of hydrogen-bond acceptors (Lipinski definition) is 5. The molecule has 0 aromatic heterocycles. The van der Waals surface area contributed by atoms with Gasteiger partial charge >= 0.3 is 0 Å². The monoisotopic (exact) mass is 506 g/mol. The Kier molecular flexibility index (Phi) is 9.03. The third kappa shape index (κ3) is 7.19. The standard InChI is InChI=1S/C27H20Cl2N2O4/c1-3-12-34-26-15-24(33-2)9-5-18(26)13-20(16-30)27(32)31-22-7-10-23(11-8-22)35-17-19-4-6-21(28)14-25(19)29/h1,4-11,13-15H,12,17H2,2H3,(H,31,32)/b20-13+. The highest BCUT2D eigenvalue weighted by Gasteiger charge is 2.13. The Morgan fingerprint density at radius 2 is 1.80 bits per heavy atom. The van der Waals surface area contributed by atoms with Crippen LogP contribution in [0, 0.1) is 23.7 Å². The number of nitrogens with zero attached hydrogens (tertiary/aromatic N) is 1. The van der Waals surface area contributed by atoms with Crippen molar-refractivity contribution in [3.8, 4) is 35.7 Å². The van der Waals surface area contributed by atoms with E-state index in [0.29, 0.717) is 38.5 Å². The molecule has 1 amide bonds. The zero-order valence-corrected chi connectivity index (χ0v) is 20.2. The Balaban J connectivity index is 1.68. The van der Waals surface area contributed by atoms with Crippen LogP contribution in [0.4, 0.5) is 5.69 Å². The molecule has 0 aliphatic carbocycles. The summed E-state index contributed by atoms with van der Waals surface area (Å²) < 4.78 is 16.5. The van der Waals surface area contributed by atoms with Crippen LogP contribution in [-0.2, 0) is 11.4 Å². The fourth-order valence-corrected chi connectivity index (χ4v) is 3.41. The number of amides is 1. The van der Waals surface area contributed by atoms with Crippen molar-refractivity contribution < 1.29 is 19.0 Å². The molecule has 3 rings (SSSR count). The zero-order valence-electron chi connectivity index (χ0n) is 18.7. The molecule has 0 aliphatic heterocycles. The predicted molar refractivity (Wildman–Crippen MR) is 137 cm³/mol. The molecule has 0 saturated carbocycles. The second-order valence-electron chi connectivity index (χ2n) is 7.07. The molecule has 1 N–H and O–H groups in total. The summed E-state index contributed by atoms with van der Waals surface area (Å²) in [5.41, 5.74) is 1.68. The normalized spacial score (nSPS) is 10.6. The smallest absolute Gasteiger partial charge is 0.266 e. The number of rotatable bonds is 9. The van der Waals surface area contributed by atoms with Gasteiger partial charge in [-0.1, -0.05) is 35.2 Å². The molecule has 176 valence electrons. The lowest BCUT2D eigenvalue weighted by atomic mass is 10.1. The number of ether oxygens (including phenoxy) is 3. The lowest BCUT2D eigenvalue weighted by Crippen LogP contribution is -2.13. The highest BCUT2D eigenvalue weighted by molar-refractivity contribution is 6.35. The molecule has 0 fully saturated rings. The van der Waals surface area contributed by atoms with E-state index < -0.39 is 5.91 Å². The number of carbonyl (C=O) groups excluding carboxylic acids is 1. The Morgan fingerprint density at radius 1 is 1.06 bits per heavy atom. The van der Waals surface area contributed by atoms with Crippen LogP contribution < -0.4 is 19.5 Å². The maximum atomic E-state index is 12.7. The van der Waals surface area contributed by atoms with Gasteiger partial charge in [-0.05, 0) is 54.6 Å². The first kappa shape index (κ1) is 25.5. The van der Waals surface area contributed by atoms with E-state index in [0.717, 1.165) is 5.56 Å². The van der Waals surface area contributed by atoms with Gasteiger partial charge < -0.3 is 19.5 Å². The van der Waals surface area contributed by atoms with Crippen molar-refractivity contribution in [2.45, 2.75) is 6.61 Å². The lowest BCUT2D eigenvalue weighted by molar-refractivity contribution is -0.112. The van der Waals surface area contributed by atoms with E-state index >= 15 is 0 Å². The molecule has 3 aromatic carbocycles. The van der Waals surface area contributed by atoms with Gasteiger partial charge in [0.05, 0.1) is 7.11 Å². The second-order valence-corrected chi connectivity index (χ2v) is 7.91. The van der Waals surface area contributed by atoms with E-state index in [1.165, 1.54) is 13.2 Å². The maximum absolute atomic E-state index is 12.7. The number of methoxy groups -OCH3 is 1. The average molecular weight is 507 g/mol. The molecular formula is C27H20Cl2N2O4. The molecule has 0 saturated heterocycles. The van der Waals surface area contributed by atoms with Crippen molar-refractivity contribution in [1.82, 2.24) is 0 Å². The van der Waals surface area contributed by atoms with Crippen LogP contribution in [0.5, 0.6) is 17.2 Å². The Labute approximate surface area is 213 Å². The molecule has 0 aliphatic rings. The maximum Gasteiger partial charge on any atom is 0.266 e. The number of nitriles is 1. The van der Waals surface area contributed by atoms with E-state index in [1.807, 2.05) is 6.07 Å². The Morgan fingerprint density at radius 3 is 2.46 bits per heavy atom. The lowest BCUT2D eigenvalue weighted by Gasteiger charge is -2.10. The minimum absolute atomic E-state index is 0.0285. The fourth-order valence-electron chi connectivity index (χ4n) is 2.94. The first-order chi connectivity index (χ1) is 16.9. The van der Waals surface area contributed by atoms with Crippen LogP contribution in [0.3, 0.4) is 0 Å².